The second-order valence-corrected chi connectivity index (χ2v) is 19.5. The van der Waals surface area contributed by atoms with Gasteiger partial charge < -0.3 is 33.5 Å². The molecule has 0 amide bonds. The number of hydrogen-bond donors (Lipinski definition) is 1. The van der Waals surface area contributed by atoms with Crippen molar-refractivity contribution in [3.63, 3.8) is 0 Å². The fraction of sp³-hybridized carbons (Fsp3) is 0.936. The first kappa shape index (κ1) is 43.4. The third-order valence-electron chi connectivity index (χ3n) is 15.1. The van der Waals surface area contributed by atoms with Gasteiger partial charge in [0.25, 0.3) is 0 Å². The predicted octanol–water partition coefficient (Wildman–Crippen LogP) is 11.4. The number of carboxylic acid groups (broad SMARTS) is 1. The molecule has 0 spiro atoms. The highest BCUT2D eigenvalue weighted by Crippen LogP contribution is 2.68. The SMILES string of the molecule is CCCCC1(CCCCOC(=C(C)C(=O)O)C23CC4CC(OCCCCC5(CCCC)CCO5)(CC(OCCCCC5(CCCC)CCO5)(C4)C2)C3)CCO1. The van der Waals surface area contributed by atoms with Gasteiger partial charge in [0, 0.05) is 25.0 Å². The Morgan fingerprint density at radius 2 is 0.982 bits per heavy atom. The molecule has 0 aromatic carbocycles. The molecule has 0 radical (unpaired) electrons. The summed E-state index contributed by atoms with van der Waals surface area (Å²) in [4.78, 5) is 12.8. The van der Waals surface area contributed by atoms with Crippen LogP contribution >= 0.6 is 0 Å². The lowest BCUT2D eigenvalue weighted by Gasteiger charge is -2.66. The fourth-order valence-corrected chi connectivity index (χ4v) is 12.2. The summed E-state index contributed by atoms with van der Waals surface area (Å²) in [5.74, 6) is 0.278. The average molecular weight is 773 g/mol. The maximum atomic E-state index is 12.8. The molecule has 316 valence electrons. The van der Waals surface area contributed by atoms with Crippen LogP contribution in [-0.4, -0.2) is 78.7 Å². The molecule has 3 saturated heterocycles. The molecule has 4 saturated carbocycles. The number of carboxylic acids is 1. The molecular weight excluding hydrogens is 693 g/mol. The van der Waals surface area contributed by atoms with E-state index >= 15 is 0 Å². The Bertz CT molecular complexity index is 1200. The number of aliphatic carboxylic acids is 1. The second-order valence-electron chi connectivity index (χ2n) is 19.5. The van der Waals surface area contributed by atoms with Gasteiger partial charge in [0.2, 0.25) is 0 Å². The Labute approximate surface area is 334 Å². The van der Waals surface area contributed by atoms with Crippen molar-refractivity contribution in [2.45, 2.75) is 229 Å². The van der Waals surface area contributed by atoms with E-state index in [-0.39, 0.29) is 33.4 Å². The van der Waals surface area contributed by atoms with Crippen molar-refractivity contribution >= 4 is 5.97 Å². The summed E-state index contributed by atoms with van der Waals surface area (Å²) in [5, 5.41) is 10.5. The van der Waals surface area contributed by atoms with Crippen LogP contribution in [-0.2, 0) is 33.2 Å². The Morgan fingerprint density at radius 1 is 0.582 bits per heavy atom. The highest BCUT2D eigenvalue weighted by molar-refractivity contribution is 5.86. The van der Waals surface area contributed by atoms with Gasteiger partial charge in [0.05, 0.1) is 60.0 Å². The Balaban J connectivity index is 1.12. The molecule has 3 aliphatic heterocycles. The molecule has 1 N–H and O–H groups in total. The van der Waals surface area contributed by atoms with Gasteiger partial charge in [-0.15, -0.1) is 0 Å². The van der Waals surface area contributed by atoms with Gasteiger partial charge in [-0.1, -0.05) is 59.3 Å². The summed E-state index contributed by atoms with van der Waals surface area (Å²) >= 11 is 0. The molecule has 5 unspecified atom stereocenters. The first-order valence-corrected chi connectivity index (χ1v) is 23.3. The van der Waals surface area contributed by atoms with Crippen LogP contribution in [0.4, 0.5) is 0 Å². The van der Waals surface area contributed by atoms with Crippen molar-refractivity contribution in [2.75, 3.05) is 39.6 Å². The maximum Gasteiger partial charge on any atom is 0.334 e. The Morgan fingerprint density at radius 3 is 1.35 bits per heavy atom. The third kappa shape index (κ3) is 10.5. The zero-order valence-corrected chi connectivity index (χ0v) is 35.7. The maximum absolute atomic E-state index is 12.8. The van der Waals surface area contributed by atoms with Gasteiger partial charge in [-0.25, -0.2) is 4.79 Å². The van der Waals surface area contributed by atoms with E-state index in [1.165, 1.54) is 64.2 Å². The predicted molar refractivity (Wildman–Crippen MR) is 217 cm³/mol. The summed E-state index contributed by atoms with van der Waals surface area (Å²) in [5.41, 5.74) is -0.370. The van der Waals surface area contributed by atoms with E-state index in [1.807, 2.05) is 0 Å². The topological polar surface area (TPSA) is 92.7 Å². The van der Waals surface area contributed by atoms with E-state index in [9.17, 15) is 9.90 Å². The second kappa shape index (κ2) is 19.3. The molecule has 0 aromatic heterocycles. The van der Waals surface area contributed by atoms with Crippen LogP contribution in [0.1, 0.15) is 201 Å². The lowest BCUT2D eigenvalue weighted by molar-refractivity contribution is -0.261. The van der Waals surface area contributed by atoms with Gasteiger partial charge in [-0.3, -0.25) is 0 Å². The molecule has 55 heavy (non-hydrogen) atoms. The van der Waals surface area contributed by atoms with Gasteiger partial charge in [-0.05, 0) is 141 Å². The molecular formula is C47H80O8. The van der Waals surface area contributed by atoms with Crippen LogP contribution in [0.15, 0.2) is 11.3 Å². The highest BCUT2D eigenvalue weighted by Gasteiger charge is 2.66. The number of rotatable bonds is 29. The number of carbonyl (C=O) groups is 1. The van der Waals surface area contributed by atoms with Crippen LogP contribution in [0.2, 0.25) is 0 Å². The van der Waals surface area contributed by atoms with E-state index < -0.39 is 5.97 Å². The summed E-state index contributed by atoms with van der Waals surface area (Å²) in [6.07, 6.45) is 29.5. The minimum atomic E-state index is -0.873. The van der Waals surface area contributed by atoms with E-state index in [1.54, 1.807) is 6.92 Å². The summed E-state index contributed by atoms with van der Waals surface area (Å²) in [6, 6.07) is 0. The molecule has 0 aromatic rings. The zero-order valence-electron chi connectivity index (χ0n) is 35.7. The van der Waals surface area contributed by atoms with Crippen LogP contribution in [0.3, 0.4) is 0 Å². The molecule has 4 aliphatic carbocycles. The van der Waals surface area contributed by atoms with Gasteiger partial charge in [0.1, 0.15) is 5.76 Å². The number of allylic oxidation sites excluding steroid dienone is 1. The number of hydrogen-bond acceptors (Lipinski definition) is 7. The largest absolute Gasteiger partial charge is 0.497 e. The average Bonchev–Trinajstić information content (AvgIpc) is 3.10. The van der Waals surface area contributed by atoms with Crippen LogP contribution in [0.5, 0.6) is 0 Å². The van der Waals surface area contributed by atoms with Crippen LogP contribution < -0.4 is 0 Å². The summed E-state index contributed by atoms with van der Waals surface area (Å²) in [6.45, 7) is 13.3. The normalized spacial score (nSPS) is 36.5. The van der Waals surface area contributed by atoms with Gasteiger partial charge in [-0.2, -0.15) is 0 Å². The van der Waals surface area contributed by atoms with Crippen molar-refractivity contribution in [3.8, 4) is 0 Å². The Kier molecular flexibility index (Phi) is 15.2. The third-order valence-corrected chi connectivity index (χ3v) is 15.1. The lowest BCUT2D eigenvalue weighted by Crippen LogP contribution is -2.65. The van der Waals surface area contributed by atoms with E-state index in [0.717, 1.165) is 142 Å². The number of unbranched alkanes of at least 4 members (excludes halogenated alkanes) is 6. The number of ether oxygens (including phenoxy) is 6. The highest BCUT2D eigenvalue weighted by atomic mass is 16.5. The lowest BCUT2D eigenvalue weighted by atomic mass is 9.45. The van der Waals surface area contributed by atoms with Crippen LogP contribution in [0, 0.1) is 11.3 Å². The first-order chi connectivity index (χ1) is 26.6. The quantitative estimate of drug-likeness (QED) is 0.0456. The zero-order chi connectivity index (χ0) is 38.9. The van der Waals surface area contributed by atoms with E-state index in [2.05, 4.69) is 20.8 Å². The minimum Gasteiger partial charge on any atom is -0.497 e. The fourth-order valence-electron chi connectivity index (χ4n) is 12.2. The molecule has 8 heteroatoms. The molecule has 3 heterocycles. The molecule has 4 bridgehead atoms. The molecule has 7 rings (SSSR count). The van der Waals surface area contributed by atoms with Crippen molar-refractivity contribution in [1.29, 1.82) is 0 Å². The smallest absolute Gasteiger partial charge is 0.334 e. The first-order valence-electron chi connectivity index (χ1n) is 23.3. The van der Waals surface area contributed by atoms with Gasteiger partial charge >= 0.3 is 5.97 Å². The van der Waals surface area contributed by atoms with E-state index in [0.29, 0.717) is 23.9 Å². The summed E-state index contributed by atoms with van der Waals surface area (Å²) in [7, 11) is 0. The van der Waals surface area contributed by atoms with Crippen molar-refractivity contribution in [2.24, 2.45) is 11.3 Å². The molecule has 8 nitrogen and oxygen atoms in total. The van der Waals surface area contributed by atoms with E-state index in [4.69, 9.17) is 28.4 Å². The molecule has 7 aliphatic rings. The Hall–Kier alpha value is -1.19. The monoisotopic (exact) mass is 773 g/mol. The summed E-state index contributed by atoms with van der Waals surface area (Å²) < 4.78 is 39.4. The van der Waals surface area contributed by atoms with Crippen molar-refractivity contribution < 1.29 is 38.3 Å². The minimum absolute atomic E-state index is 0.0566. The molecule has 5 atom stereocenters. The van der Waals surface area contributed by atoms with Gasteiger partial charge in [0.15, 0.2) is 0 Å². The van der Waals surface area contributed by atoms with Crippen molar-refractivity contribution in [3.05, 3.63) is 11.3 Å². The standard InChI is InChI=1S/C47H80O8/c1-5-8-17-43(23-29-53-43)20-11-14-26-50-40(38(4)41(48)49)42-32-39-33-46(35-42,51-27-15-12-21-44(18-9-6-2)24-30-54-44)37-47(34-39,36-42)52-28-16-13-22-45(19-10-7-3)25-31-55-45/h39H,5-37H2,1-4H3,(H,48,49). The molecule has 7 fully saturated rings. The van der Waals surface area contributed by atoms with Crippen LogP contribution in [0.25, 0.3) is 0 Å². The van der Waals surface area contributed by atoms with Crippen molar-refractivity contribution in [1.82, 2.24) is 0 Å².